The van der Waals surface area contributed by atoms with Gasteiger partial charge in [0.15, 0.2) is 0 Å². The van der Waals surface area contributed by atoms with Crippen molar-refractivity contribution in [2.45, 2.75) is 27.4 Å². The standard InChI is InChI=1S/C29H22ClF4N5O2S3/c1-40-19-5-3-17(23(11-19)41-2)14-39(28-38-37-15-42-28)44-26-12-21(30)25(13-22(26)31)43-24-6-4-18(29(32,33)34)10-20(24)16-7-8-36-27(35)9-16/h3-13,15H,14H2,1-2H3,(H2,35,36). The van der Waals surface area contributed by atoms with Crippen LogP contribution in [0, 0.1) is 5.82 Å². The van der Waals surface area contributed by atoms with E-state index in [0.717, 1.165) is 41.4 Å². The van der Waals surface area contributed by atoms with Crippen molar-refractivity contribution in [1.82, 2.24) is 15.2 Å². The van der Waals surface area contributed by atoms with Crippen LogP contribution in [0.4, 0.5) is 28.5 Å². The van der Waals surface area contributed by atoms with Crippen LogP contribution in [0.1, 0.15) is 11.1 Å². The van der Waals surface area contributed by atoms with E-state index in [1.54, 1.807) is 42.2 Å². The number of nitrogens with two attached hydrogens (primary N) is 1. The molecule has 0 aliphatic carbocycles. The number of alkyl halides is 3. The first kappa shape index (κ1) is 31.7. The van der Waals surface area contributed by atoms with Gasteiger partial charge < -0.3 is 15.2 Å². The summed E-state index contributed by atoms with van der Waals surface area (Å²) in [4.78, 5) is 4.87. The Kier molecular flexibility index (Phi) is 9.73. The van der Waals surface area contributed by atoms with Crippen LogP contribution in [-0.2, 0) is 12.7 Å². The molecular formula is C29H22ClF4N5O2S3. The maximum absolute atomic E-state index is 15.6. The van der Waals surface area contributed by atoms with Crippen LogP contribution in [0.25, 0.3) is 11.1 Å². The minimum atomic E-state index is -4.56. The molecule has 0 fully saturated rings. The van der Waals surface area contributed by atoms with Gasteiger partial charge >= 0.3 is 6.18 Å². The highest BCUT2D eigenvalue weighted by Crippen LogP contribution is 2.44. The molecule has 228 valence electrons. The Balaban J connectivity index is 1.46. The molecule has 0 unspecified atom stereocenters. The summed E-state index contributed by atoms with van der Waals surface area (Å²) >= 11 is 10.0. The number of nitrogens with zero attached hydrogens (tertiary/aromatic N) is 4. The quantitative estimate of drug-likeness (QED) is 0.115. The summed E-state index contributed by atoms with van der Waals surface area (Å²) in [6.07, 6.45) is -3.16. The monoisotopic (exact) mass is 679 g/mol. The fraction of sp³-hybridized carbons (Fsp3) is 0.138. The SMILES string of the molecule is COc1ccc(CN(Sc2cc(Cl)c(Sc3ccc(C(F)(F)F)cc3-c3ccnc(N)c3)cc2F)c2nncs2)c(OC)c1. The van der Waals surface area contributed by atoms with E-state index in [9.17, 15) is 13.2 Å². The van der Waals surface area contributed by atoms with Crippen molar-refractivity contribution in [3.05, 3.63) is 94.3 Å². The fourth-order valence-electron chi connectivity index (χ4n) is 4.08. The molecule has 5 aromatic rings. The largest absolute Gasteiger partial charge is 0.497 e. The number of ether oxygens (including phenoxy) is 2. The molecule has 3 aromatic carbocycles. The molecule has 2 N–H and O–H groups in total. The lowest BCUT2D eigenvalue weighted by molar-refractivity contribution is -0.137. The summed E-state index contributed by atoms with van der Waals surface area (Å²) in [5.41, 5.74) is 8.01. The van der Waals surface area contributed by atoms with Crippen molar-refractivity contribution in [1.29, 1.82) is 0 Å². The van der Waals surface area contributed by atoms with Gasteiger partial charge in [-0.2, -0.15) is 13.2 Å². The lowest BCUT2D eigenvalue weighted by Crippen LogP contribution is -2.15. The third-order valence-electron chi connectivity index (χ3n) is 6.18. The minimum absolute atomic E-state index is 0.147. The average Bonchev–Trinajstić information content (AvgIpc) is 3.54. The Labute approximate surface area is 267 Å². The van der Waals surface area contributed by atoms with E-state index in [0.29, 0.717) is 32.0 Å². The molecule has 0 spiro atoms. The minimum Gasteiger partial charge on any atom is -0.497 e. The highest BCUT2D eigenvalue weighted by Gasteiger charge is 2.31. The molecule has 0 bridgehead atoms. The first-order valence-electron chi connectivity index (χ1n) is 12.6. The van der Waals surface area contributed by atoms with Gasteiger partial charge in [0.25, 0.3) is 0 Å². The number of aromatic nitrogens is 3. The van der Waals surface area contributed by atoms with E-state index >= 15 is 4.39 Å². The number of hydrogen-bond acceptors (Lipinski definition) is 10. The molecular weight excluding hydrogens is 658 g/mol. The topological polar surface area (TPSA) is 86.4 Å². The Morgan fingerprint density at radius 3 is 2.48 bits per heavy atom. The molecule has 2 heterocycles. The highest BCUT2D eigenvalue weighted by atomic mass is 35.5. The lowest BCUT2D eigenvalue weighted by Gasteiger charge is -2.22. The van der Waals surface area contributed by atoms with Gasteiger partial charge in [-0.05, 0) is 77.7 Å². The molecule has 0 atom stereocenters. The smallest absolute Gasteiger partial charge is 0.416 e. The average molecular weight is 680 g/mol. The maximum Gasteiger partial charge on any atom is 0.416 e. The van der Waals surface area contributed by atoms with E-state index in [-0.39, 0.29) is 27.8 Å². The number of anilines is 2. The number of pyridine rings is 1. The summed E-state index contributed by atoms with van der Waals surface area (Å²) < 4.78 is 68.9. The Morgan fingerprint density at radius 1 is 0.977 bits per heavy atom. The number of nitrogen functional groups attached to an aromatic ring is 1. The van der Waals surface area contributed by atoms with Crippen LogP contribution in [-0.4, -0.2) is 29.4 Å². The molecule has 0 saturated heterocycles. The predicted molar refractivity (Wildman–Crippen MR) is 166 cm³/mol. The number of rotatable bonds is 10. The van der Waals surface area contributed by atoms with E-state index in [1.807, 2.05) is 6.07 Å². The Hall–Kier alpha value is -3.72. The Bertz CT molecular complexity index is 1780. The molecule has 0 aliphatic rings. The third kappa shape index (κ3) is 7.32. The highest BCUT2D eigenvalue weighted by molar-refractivity contribution is 8.01. The summed E-state index contributed by atoms with van der Waals surface area (Å²) in [5, 5.41) is 8.79. The molecule has 0 radical (unpaired) electrons. The molecule has 0 saturated carbocycles. The number of halogens is 5. The molecule has 0 amide bonds. The summed E-state index contributed by atoms with van der Waals surface area (Å²) in [6, 6.07) is 14.5. The van der Waals surface area contributed by atoms with Crippen molar-refractivity contribution in [3.8, 4) is 22.6 Å². The van der Waals surface area contributed by atoms with E-state index in [1.165, 1.54) is 41.8 Å². The summed E-state index contributed by atoms with van der Waals surface area (Å²) in [5.74, 6) is 0.761. The van der Waals surface area contributed by atoms with Crippen molar-refractivity contribution in [3.63, 3.8) is 0 Å². The van der Waals surface area contributed by atoms with Crippen LogP contribution in [0.2, 0.25) is 5.02 Å². The first-order valence-corrected chi connectivity index (χ1v) is 15.4. The van der Waals surface area contributed by atoms with Gasteiger partial charge in [0, 0.05) is 27.6 Å². The molecule has 0 aliphatic heterocycles. The van der Waals surface area contributed by atoms with Crippen molar-refractivity contribution >= 4 is 57.6 Å². The van der Waals surface area contributed by atoms with Gasteiger partial charge in [-0.3, -0.25) is 4.31 Å². The zero-order chi connectivity index (χ0) is 31.4. The molecule has 7 nitrogen and oxygen atoms in total. The van der Waals surface area contributed by atoms with E-state index in [4.69, 9.17) is 26.8 Å². The van der Waals surface area contributed by atoms with Crippen LogP contribution in [0.3, 0.4) is 0 Å². The van der Waals surface area contributed by atoms with Crippen molar-refractivity contribution in [2.75, 3.05) is 24.3 Å². The zero-order valence-corrected chi connectivity index (χ0v) is 26.1. The zero-order valence-electron chi connectivity index (χ0n) is 22.9. The second kappa shape index (κ2) is 13.5. The second-order valence-electron chi connectivity index (χ2n) is 9.02. The molecule has 44 heavy (non-hydrogen) atoms. The fourth-order valence-corrected chi connectivity index (χ4v) is 6.99. The van der Waals surface area contributed by atoms with Gasteiger partial charge in [0.2, 0.25) is 5.13 Å². The van der Waals surface area contributed by atoms with Crippen molar-refractivity contribution < 1.29 is 27.0 Å². The van der Waals surface area contributed by atoms with Gasteiger partial charge in [-0.25, -0.2) is 9.37 Å². The normalized spacial score (nSPS) is 11.4. The Morgan fingerprint density at radius 2 is 1.80 bits per heavy atom. The molecule has 5 rings (SSSR count). The van der Waals surface area contributed by atoms with Crippen LogP contribution < -0.4 is 19.5 Å². The first-order chi connectivity index (χ1) is 21.0. The molecule has 2 aromatic heterocycles. The predicted octanol–water partition coefficient (Wildman–Crippen LogP) is 8.88. The lowest BCUT2D eigenvalue weighted by atomic mass is 10.0. The molecule has 15 heteroatoms. The van der Waals surface area contributed by atoms with Crippen LogP contribution in [0.15, 0.2) is 87.1 Å². The number of benzene rings is 3. The maximum atomic E-state index is 15.6. The second-order valence-corrected chi connectivity index (χ2v) is 12.4. The number of methoxy groups -OCH3 is 2. The summed E-state index contributed by atoms with van der Waals surface area (Å²) in [7, 11) is 3.10. The van der Waals surface area contributed by atoms with E-state index in [2.05, 4.69) is 15.2 Å². The number of hydrogen-bond donors (Lipinski definition) is 1. The van der Waals surface area contributed by atoms with Crippen molar-refractivity contribution in [2.24, 2.45) is 0 Å². The van der Waals surface area contributed by atoms with Crippen LogP contribution >= 0.6 is 46.6 Å². The van der Waals surface area contributed by atoms with E-state index < -0.39 is 17.6 Å². The van der Waals surface area contributed by atoms with Gasteiger partial charge in [0.1, 0.15) is 28.6 Å². The van der Waals surface area contributed by atoms with Crippen LogP contribution in [0.5, 0.6) is 11.5 Å². The summed E-state index contributed by atoms with van der Waals surface area (Å²) in [6.45, 7) is 0.282. The van der Waals surface area contributed by atoms with Gasteiger partial charge in [-0.1, -0.05) is 34.7 Å². The third-order valence-corrected chi connectivity index (χ3v) is 9.60. The van der Waals surface area contributed by atoms with Gasteiger partial charge in [-0.15, -0.1) is 10.2 Å². The van der Waals surface area contributed by atoms with Gasteiger partial charge in [0.05, 0.1) is 36.2 Å².